The van der Waals surface area contributed by atoms with Crippen LogP contribution in [0.3, 0.4) is 0 Å². The van der Waals surface area contributed by atoms with Gasteiger partial charge in [-0.2, -0.15) is 0 Å². The highest BCUT2D eigenvalue weighted by Gasteiger charge is 2.31. The molecule has 0 saturated heterocycles. The molecule has 0 aromatic carbocycles. The van der Waals surface area contributed by atoms with Crippen molar-refractivity contribution in [3.05, 3.63) is 10.5 Å². The number of thioether (sulfide) groups is 1. The Morgan fingerprint density at radius 1 is 1.63 bits per heavy atom. The van der Waals surface area contributed by atoms with Crippen LogP contribution in [-0.2, 0) is 4.79 Å². The second-order valence-corrected chi connectivity index (χ2v) is 6.72. The number of aromatic nitrogens is 3. The van der Waals surface area contributed by atoms with E-state index in [1.807, 2.05) is 0 Å². The van der Waals surface area contributed by atoms with Crippen molar-refractivity contribution >= 4 is 17.7 Å². The van der Waals surface area contributed by atoms with Crippen molar-refractivity contribution in [1.29, 1.82) is 0 Å². The number of rotatable bonds is 4. The van der Waals surface area contributed by atoms with Crippen LogP contribution in [0.1, 0.15) is 45.6 Å². The van der Waals surface area contributed by atoms with E-state index in [2.05, 4.69) is 24.0 Å². The predicted octanol–water partition coefficient (Wildman–Crippen LogP) is 1.89. The number of carboxylic acid groups (broad SMARTS) is 1. The molecule has 2 N–H and O–H groups in total. The first-order valence-electron chi connectivity index (χ1n) is 6.40. The van der Waals surface area contributed by atoms with Gasteiger partial charge in [0.2, 0.25) is 0 Å². The van der Waals surface area contributed by atoms with E-state index >= 15 is 0 Å². The van der Waals surface area contributed by atoms with Gasteiger partial charge < -0.3 is 5.11 Å². The molecule has 1 atom stereocenters. The average molecular weight is 285 g/mol. The summed E-state index contributed by atoms with van der Waals surface area (Å²) in [5, 5.41) is 15.6. The maximum absolute atomic E-state index is 11.9. The first-order valence-corrected chi connectivity index (χ1v) is 7.39. The monoisotopic (exact) mass is 285 g/mol. The Labute approximate surface area is 115 Å². The first-order chi connectivity index (χ1) is 8.89. The molecule has 1 aliphatic carbocycles. The molecule has 1 heterocycles. The van der Waals surface area contributed by atoms with Crippen molar-refractivity contribution in [2.24, 2.45) is 5.41 Å². The van der Waals surface area contributed by atoms with E-state index < -0.39 is 5.97 Å². The molecule has 0 spiro atoms. The number of hydrogen-bond acceptors (Lipinski definition) is 4. The van der Waals surface area contributed by atoms with Crippen LogP contribution in [0.5, 0.6) is 0 Å². The lowest BCUT2D eigenvalue weighted by Crippen LogP contribution is -2.30. The summed E-state index contributed by atoms with van der Waals surface area (Å²) in [7, 11) is 0. The van der Waals surface area contributed by atoms with Crippen molar-refractivity contribution in [2.45, 2.75) is 50.7 Å². The Hall–Kier alpha value is -1.24. The van der Waals surface area contributed by atoms with Gasteiger partial charge in [-0.25, -0.2) is 9.89 Å². The zero-order chi connectivity index (χ0) is 14.0. The molecular formula is C12H19N3O3S. The molecule has 1 unspecified atom stereocenters. The molecular weight excluding hydrogens is 266 g/mol. The number of carbonyl (C=O) groups is 1. The lowest BCUT2D eigenvalue weighted by atomic mass is 9.75. The van der Waals surface area contributed by atoms with Gasteiger partial charge in [-0.05, 0) is 24.7 Å². The van der Waals surface area contributed by atoms with Gasteiger partial charge in [0.1, 0.15) is 0 Å². The average Bonchev–Trinajstić information content (AvgIpc) is 2.66. The van der Waals surface area contributed by atoms with Crippen LogP contribution < -0.4 is 5.69 Å². The zero-order valence-corrected chi connectivity index (χ0v) is 12.0. The number of aromatic amines is 1. The van der Waals surface area contributed by atoms with Gasteiger partial charge in [-0.15, -0.1) is 5.10 Å². The minimum Gasteiger partial charge on any atom is -0.481 e. The minimum absolute atomic E-state index is 0.0829. The van der Waals surface area contributed by atoms with Crippen LogP contribution in [0, 0.1) is 5.41 Å². The van der Waals surface area contributed by atoms with Gasteiger partial charge >= 0.3 is 11.7 Å². The van der Waals surface area contributed by atoms with Crippen molar-refractivity contribution in [3.8, 4) is 0 Å². The maximum atomic E-state index is 11.9. The Morgan fingerprint density at radius 3 is 3.00 bits per heavy atom. The number of aliphatic carboxylic acids is 1. The third kappa shape index (κ3) is 3.40. The summed E-state index contributed by atoms with van der Waals surface area (Å²) in [5.41, 5.74) is -0.0236. The maximum Gasteiger partial charge on any atom is 0.344 e. The molecule has 19 heavy (non-hydrogen) atoms. The van der Waals surface area contributed by atoms with Crippen molar-refractivity contribution < 1.29 is 9.90 Å². The van der Waals surface area contributed by atoms with Crippen LogP contribution >= 0.6 is 11.8 Å². The Kier molecular flexibility index (Phi) is 4.03. The summed E-state index contributed by atoms with van der Waals surface area (Å²) >= 11 is 1.09. The number of H-pyrrole nitrogens is 1. The topological polar surface area (TPSA) is 88.0 Å². The third-order valence-corrected chi connectivity index (χ3v) is 4.48. The zero-order valence-electron chi connectivity index (χ0n) is 11.2. The van der Waals surface area contributed by atoms with Crippen LogP contribution in [0.4, 0.5) is 0 Å². The molecule has 0 aliphatic heterocycles. The summed E-state index contributed by atoms with van der Waals surface area (Å²) in [6, 6.07) is 0.117. The van der Waals surface area contributed by atoms with Crippen molar-refractivity contribution in [1.82, 2.24) is 14.8 Å². The van der Waals surface area contributed by atoms with Gasteiger partial charge in [0.25, 0.3) is 0 Å². The van der Waals surface area contributed by atoms with Gasteiger partial charge in [-0.1, -0.05) is 32.0 Å². The van der Waals surface area contributed by atoms with Gasteiger partial charge in [0, 0.05) is 6.04 Å². The first kappa shape index (κ1) is 14.2. The lowest BCUT2D eigenvalue weighted by Gasteiger charge is -2.35. The lowest BCUT2D eigenvalue weighted by molar-refractivity contribution is -0.133. The normalized spacial score (nSPS) is 22.3. The fourth-order valence-electron chi connectivity index (χ4n) is 2.72. The van der Waals surface area contributed by atoms with Crippen LogP contribution in [0.15, 0.2) is 9.95 Å². The van der Waals surface area contributed by atoms with E-state index in [1.54, 1.807) is 4.57 Å². The van der Waals surface area contributed by atoms with E-state index in [9.17, 15) is 9.59 Å². The summed E-state index contributed by atoms with van der Waals surface area (Å²) in [4.78, 5) is 22.5. The van der Waals surface area contributed by atoms with Gasteiger partial charge in [0.15, 0.2) is 5.16 Å². The summed E-state index contributed by atoms with van der Waals surface area (Å²) in [5.74, 6) is -0.989. The highest BCUT2D eigenvalue weighted by molar-refractivity contribution is 7.99. The Balaban J connectivity index is 2.21. The molecule has 2 rings (SSSR count). The molecule has 1 saturated carbocycles. The molecule has 106 valence electrons. The Bertz CT molecular complexity index is 521. The number of hydrogen-bond donors (Lipinski definition) is 2. The molecule has 1 aliphatic rings. The quantitative estimate of drug-likeness (QED) is 0.825. The number of nitrogens with zero attached hydrogens (tertiary/aromatic N) is 2. The fraction of sp³-hybridized carbons (Fsp3) is 0.750. The van der Waals surface area contributed by atoms with E-state index in [-0.39, 0.29) is 22.9 Å². The number of nitrogens with one attached hydrogen (secondary N) is 1. The van der Waals surface area contributed by atoms with E-state index in [0.29, 0.717) is 5.16 Å². The van der Waals surface area contributed by atoms with Gasteiger partial charge in [-0.3, -0.25) is 9.36 Å². The number of carboxylic acids is 1. The van der Waals surface area contributed by atoms with Crippen molar-refractivity contribution in [3.63, 3.8) is 0 Å². The highest BCUT2D eigenvalue weighted by atomic mass is 32.2. The largest absolute Gasteiger partial charge is 0.481 e. The van der Waals surface area contributed by atoms with E-state index in [0.717, 1.165) is 37.4 Å². The summed E-state index contributed by atoms with van der Waals surface area (Å²) < 4.78 is 1.63. The second kappa shape index (κ2) is 5.40. The van der Waals surface area contributed by atoms with E-state index in [1.165, 1.54) is 0 Å². The molecule has 1 aromatic rings. The molecule has 0 amide bonds. The summed E-state index contributed by atoms with van der Waals surface area (Å²) in [6.07, 6.45) is 4.11. The molecule has 6 nitrogen and oxygen atoms in total. The SMILES string of the molecule is CC1(C)CCCC(n2c(SCC(=O)O)n[nH]c2=O)C1. The third-order valence-electron chi connectivity index (χ3n) is 3.54. The fourth-order valence-corrected chi connectivity index (χ4v) is 3.45. The Morgan fingerprint density at radius 2 is 2.37 bits per heavy atom. The van der Waals surface area contributed by atoms with Crippen LogP contribution in [0.2, 0.25) is 0 Å². The molecule has 1 fully saturated rings. The molecule has 0 bridgehead atoms. The highest BCUT2D eigenvalue weighted by Crippen LogP contribution is 2.41. The smallest absolute Gasteiger partial charge is 0.344 e. The molecule has 0 radical (unpaired) electrons. The van der Waals surface area contributed by atoms with E-state index in [4.69, 9.17) is 5.11 Å². The van der Waals surface area contributed by atoms with Crippen LogP contribution in [-0.4, -0.2) is 31.6 Å². The van der Waals surface area contributed by atoms with Crippen LogP contribution in [0.25, 0.3) is 0 Å². The summed E-state index contributed by atoms with van der Waals surface area (Å²) in [6.45, 7) is 4.41. The molecule has 1 aromatic heterocycles. The van der Waals surface area contributed by atoms with Crippen molar-refractivity contribution in [2.75, 3.05) is 5.75 Å². The predicted molar refractivity (Wildman–Crippen MR) is 72.5 cm³/mol. The standard InChI is InChI=1S/C12H19N3O3S/c1-12(2)5-3-4-8(6-12)15-10(18)13-14-11(15)19-7-9(16)17/h8H,3-7H2,1-2H3,(H,13,18)(H,16,17). The second-order valence-electron chi connectivity index (χ2n) is 5.78. The van der Waals surface area contributed by atoms with Gasteiger partial charge in [0.05, 0.1) is 5.75 Å². The molecule has 7 heteroatoms. The minimum atomic E-state index is -0.907.